The van der Waals surface area contributed by atoms with Crippen molar-refractivity contribution in [1.29, 1.82) is 0 Å². The summed E-state index contributed by atoms with van der Waals surface area (Å²) < 4.78 is 13.4. The Hall–Kier alpha value is -2.34. The van der Waals surface area contributed by atoms with E-state index in [1.54, 1.807) is 13.0 Å². The Morgan fingerprint density at radius 3 is 2.88 bits per heavy atom. The molecule has 0 bridgehead atoms. The number of fused-ring (bicyclic) bond motifs is 3. The molecule has 1 aliphatic heterocycles. The molecule has 1 aromatic carbocycles. The number of ether oxygens (including phenoxy) is 2. The molecule has 0 N–H and O–H groups in total. The van der Waals surface area contributed by atoms with Crippen LogP contribution in [0.1, 0.15) is 23.0 Å². The summed E-state index contributed by atoms with van der Waals surface area (Å²) in [6, 6.07) is 5.98. The summed E-state index contributed by atoms with van der Waals surface area (Å²) in [6.07, 6.45) is 2.76. The number of ketones is 1. The van der Waals surface area contributed by atoms with Crippen LogP contribution >= 0.6 is 15.9 Å². The minimum atomic E-state index is -0.757. The number of aryl methyl sites for hydroxylation is 1. The molecule has 4 rings (SSSR count). The van der Waals surface area contributed by atoms with E-state index in [4.69, 9.17) is 9.47 Å². The third-order valence-electron chi connectivity index (χ3n) is 4.42. The van der Waals surface area contributed by atoms with Crippen LogP contribution in [0.15, 0.2) is 46.2 Å². The number of nitrogens with zero attached hydrogens (tertiary/aromatic N) is 1. The topological polar surface area (TPSA) is 57.5 Å². The van der Waals surface area contributed by atoms with Gasteiger partial charge < -0.3 is 14.0 Å². The van der Waals surface area contributed by atoms with E-state index in [1.165, 1.54) is 6.26 Å². The summed E-state index contributed by atoms with van der Waals surface area (Å²) in [5.41, 5.74) is 3.79. The highest BCUT2D eigenvalue weighted by Gasteiger charge is 2.32. The fourth-order valence-corrected chi connectivity index (χ4v) is 3.56. The molecule has 0 fully saturated rings. The first kappa shape index (κ1) is 15.2. The number of cyclic esters (lactones) is 1. The van der Waals surface area contributed by atoms with Crippen molar-refractivity contribution in [2.45, 2.75) is 19.6 Å². The lowest BCUT2D eigenvalue weighted by atomic mass is 10.1. The van der Waals surface area contributed by atoms with Crippen molar-refractivity contribution < 1.29 is 19.1 Å². The highest BCUT2D eigenvalue weighted by Crippen LogP contribution is 2.36. The van der Waals surface area contributed by atoms with Crippen LogP contribution in [0, 0.1) is 0 Å². The van der Waals surface area contributed by atoms with E-state index in [2.05, 4.69) is 15.9 Å². The van der Waals surface area contributed by atoms with Gasteiger partial charge in [0, 0.05) is 46.1 Å². The minimum Gasteiger partial charge on any atom is -0.458 e. The summed E-state index contributed by atoms with van der Waals surface area (Å²) in [7, 11) is 1.89. The third-order valence-corrected chi connectivity index (χ3v) is 4.91. The highest BCUT2D eigenvalue weighted by atomic mass is 79.9. The van der Waals surface area contributed by atoms with Gasteiger partial charge in [-0.25, -0.2) is 4.79 Å². The van der Waals surface area contributed by atoms with E-state index >= 15 is 0 Å². The van der Waals surface area contributed by atoms with Crippen molar-refractivity contribution in [2.75, 3.05) is 0 Å². The molecule has 1 atom stereocenters. The van der Waals surface area contributed by atoms with E-state index in [-0.39, 0.29) is 5.78 Å². The van der Waals surface area contributed by atoms with Crippen LogP contribution in [0.3, 0.4) is 0 Å². The van der Waals surface area contributed by atoms with Crippen LogP contribution in [0.25, 0.3) is 10.9 Å². The molecule has 6 heteroatoms. The van der Waals surface area contributed by atoms with Crippen molar-refractivity contribution >= 4 is 38.6 Å². The Bertz CT molecular complexity index is 967. The Morgan fingerprint density at radius 1 is 1.38 bits per heavy atom. The number of hydrogen-bond donors (Lipinski definition) is 0. The van der Waals surface area contributed by atoms with Crippen molar-refractivity contribution in [3.8, 4) is 0 Å². The minimum absolute atomic E-state index is 0.0511. The van der Waals surface area contributed by atoms with Crippen molar-refractivity contribution in [3.05, 3.63) is 57.4 Å². The SMILES string of the molecule is CC1=CC(OC=C2Cc3c(n(C)c4ccc(Br)cc34)C2=O)OC1=O. The second-order valence-corrected chi connectivity index (χ2v) is 6.87. The van der Waals surface area contributed by atoms with Crippen LogP contribution in [-0.4, -0.2) is 22.6 Å². The molecule has 0 radical (unpaired) electrons. The van der Waals surface area contributed by atoms with E-state index in [1.807, 2.05) is 29.8 Å². The molecule has 2 aliphatic rings. The molecule has 2 heterocycles. The van der Waals surface area contributed by atoms with Crippen molar-refractivity contribution in [1.82, 2.24) is 4.57 Å². The second kappa shape index (κ2) is 5.34. The number of esters is 1. The van der Waals surface area contributed by atoms with Gasteiger partial charge in [-0.3, -0.25) is 4.79 Å². The van der Waals surface area contributed by atoms with E-state index < -0.39 is 12.3 Å². The van der Waals surface area contributed by atoms with Gasteiger partial charge in [0.05, 0.1) is 12.0 Å². The summed E-state index contributed by atoms with van der Waals surface area (Å²) in [4.78, 5) is 24.0. The molecule has 2 aromatic rings. The van der Waals surface area contributed by atoms with Gasteiger partial charge in [-0.1, -0.05) is 15.9 Å². The first-order chi connectivity index (χ1) is 11.5. The van der Waals surface area contributed by atoms with Gasteiger partial charge >= 0.3 is 5.97 Å². The smallest absolute Gasteiger partial charge is 0.336 e. The summed E-state index contributed by atoms with van der Waals surface area (Å²) in [6.45, 7) is 1.67. The zero-order chi connectivity index (χ0) is 17.0. The average molecular weight is 388 g/mol. The molecule has 0 spiro atoms. The second-order valence-electron chi connectivity index (χ2n) is 5.96. The van der Waals surface area contributed by atoms with Crippen LogP contribution < -0.4 is 0 Å². The summed E-state index contributed by atoms with van der Waals surface area (Å²) in [5.74, 6) is -0.444. The van der Waals surface area contributed by atoms with Gasteiger partial charge in [-0.05, 0) is 30.7 Å². The molecule has 24 heavy (non-hydrogen) atoms. The highest BCUT2D eigenvalue weighted by molar-refractivity contribution is 9.10. The number of halogens is 1. The van der Waals surface area contributed by atoms with Crippen LogP contribution in [0.2, 0.25) is 0 Å². The Morgan fingerprint density at radius 2 is 2.17 bits per heavy atom. The van der Waals surface area contributed by atoms with Gasteiger partial charge in [-0.15, -0.1) is 0 Å². The Balaban J connectivity index is 1.66. The van der Waals surface area contributed by atoms with Gasteiger partial charge in [0.25, 0.3) is 6.29 Å². The quantitative estimate of drug-likeness (QED) is 0.450. The number of rotatable bonds is 2. The van der Waals surface area contributed by atoms with Gasteiger partial charge in [0.15, 0.2) is 0 Å². The lowest BCUT2D eigenvalue weighted by Crippen LogP contribution is -2.11. The Kier molecular flexibility index (Phi) is 3.38. The number of carbonyl (C=O) groups is 2. The van der Waals surface area contributed by atoms with Crippen molar-refractivity contribution in [2.24, 2.45) is 7.05 Å². The number of Topliss-reactive ketones (excluding diaryl/α,β-unsaturated/α-hetero) is 1. The molecule has 5 nitrogen and oxygen atoms in total. The summed E-state index contributed by atoms with van der Waals surface area (Å²) in [5, 5.41) is 1.06. The predicted octanol–water partition coefficient (Wildman–Crippen LogP) is 3.41. The predicted molar refractivity (Wildman–Crippen MR) is 91.5 cm³/mol. The molecule has 0 amide bonds. The largest absolute Gasteiger partial charge is 0.458 e. The van der Waals surface area contributed by atoms with E-state index in [0.717, 1.165) is 20.9 Å². The van der Waals surface area contributed by atoms with Gasteiger partial charge in [-0.2, -0.15) is 0 Å². The maximum atomic E-state index is 12.7. The summed E-state index contributed by atoms with van der Waals surface area (Å²) >= 11 is 3.48. The third kappa shape index (κ3) is 2.21. The number of allylic oxidation sites excluding steroid dienone is 1. The number of hydrogen-bond acceptors (Lipinski definition) is 4. The van der Waals surface area contributed by atoms with Crippen LogP contribution in [0.4, 0.5) is 0 Å². The number of aromatic nitrogens is 1. The maximum absolute atomic E-state index is 12.7. The molecule has 1 aliphatic carbocycles. The monoisotopic (exact) mass is 387 g/mol. The molecular weight excluding hydrogens is 374 g/mol. The fourth-order valence-electron chi connectivity index (χ4n) is 3.20. The first-order valence-electron chi connectivity index (χ1n) is 7.51. The van der Waals surface area contributed by atoms with Gasteiger partial charge in [0.1, 0.15) is 0 Å². The fraction of sp³-hybridized carbons (Fsp3) is 0.222. The zero-order valence-electron chi connectivity index (χ0n) is 13.1. The lowest BCUT2D eigenvalue weighted by molar-refractivity contribution is -0.152. The molecule has 0 saturated carbocycles. The average Bonchev–Trinajstić information content (AvgIpc) is 3.13. The first-order valence-corrected chi connectivity index (χ1v) is 8.30. The molecule has 122 valence electrons. The van der Waals surface area contributed by atoms with Gasteiger partial charge in [0.2, 0.25) is 5.78 Å². The zero-order valence-corrected chi connectivity index (χ0v) is 14.7. The Labute approximate surface area is 146 Å². The van der Waals surface area contributed by atoms with Crippen molar-refractivity contribution in [3.63, 3.8) is 0 Å². The molecule has 1 aromatic heterocycles. The molecule has 0 saturated heterocycles. The number of benzene rings is 1. The van der Waals surface area contributed by atoms with Crippen LogP contribution in [0.5, 0.6) is 0 Å². The van der Waals surface area contributed by atoms with E-state index in [0.29, 0.717) is 23.3 Å². The number of carbonyl (C=O) groups excluding carboxylic acids is 2. The normalized spacial score (nSPS) is 21.4. The van der Waals surface area contributed by atoms with E-state index in [9.17, 15) is 9.59 Å². The maximum Gasteiger partial charge on any atom is 0.336 e. The molecule has 1 unspecified atom stereocenters. The molecular formula is C18H14BrNO4. The van der Waals surface area contributed by atoms with Crippen LogP contribution in [-0.2, 0) is 27.7 Å². The standard InChI is InChI=1S/C18H14BrNO4/c1-9-5-15(24-18(9)22)23-8-10-6-13-12-7-11(19)3-4-14(12)20(2)16(13)17(10)21/h3-5,7-8,15H,6H2,1-2H3. The lowest BCUT2D eigenvalue weighted by Gasteiger charge is -2.08.